The first-order chi connectivity index (χ1) is 11.5. The number of benzene rings is 2. The van der Waals surface area contributed by atoms with Crippen molar-refractivity contribution in [2.24, 2.45) is 5.10 Å². The number of carbonyl (C=O) groups excluding carboxylic acids is 1. The van der Waals surface area contributed by atoms with E-state index >= 15 is 0 Å². The molecule has 24 heavy (non-hydrogen) atoms. The Labute approximate surface area is 142 Å². The second-order valence-corrected chi connectivity index (χ2v) is 4.97. The van der Waals surface area contributed by atoms with Crippen molar-refractivity contribution in [1.82, 2.24) is 0 Å². The molecule has 8 heteroatoms. The van der Waals surface area contributed by atoms with Crippen LogP contribution in [0, 0.1) is 11.3 Å². The van der Waals surface area contributed by atoms with E-state index in [-0.39, 0.29) is 5.56 Å². The number of aromatic carboxylic acids is 1. The van der Waals surface area contributed by atoms with E-state index in [1.807, 2.05) is 0 Å². The first-order valence-corrected chi connectivity index (χ1v) is 7.01. The van der Waals surface area contributed by atoms with Gasteiger partial charge in [0.05, 0.1) is 11.3 Å². The zero-order chi connectivity index (χ0) is 17.5. The Morgan fingerprint density at radius 1 is 1.12 bits per heavy atom. The van der Waals surface area contributed by atoms with Gasteiger partial charge in [0.25, 0.3) is 5.91 Å². The molecular weight excluding hydrogens is 332 g/mol. The van der Waals surface area contributed by atoms with Gasteiger partial charge in [0, 0.05) is 10.7 Å². The number of halogens is 1. The van der Waals surface area contributed by atoms with Crippen molar-refractivity contribution in [3.63, 3.8) is 0 Å². The van der Waals surface area contributed by atoms with Gasteiger partial charge < -0.3 is 10.4 Å². The summed E-state index contributed by atoms with van der Waals surface area (Å²) in [7, 11) is 0. The smallest absolute Gasteiger partial charge is 0.335 e. The quantitative estimate of drug-likeness (QED) is 0.570. The Morgan fingerprint density at radius 3 is 2.50 bits per heavy atom. The SMILES string of the molecule is N#C/C(=N/Nc1cccc(C(=O)O)c1)C(=O)Nc1cccc(Cl)c1. The highest BCUT2D eigenvalue weighted by molar-refractivity contribution is 6.48. The van der Waals surface area contributed by atoms with Crippen LogP contribution < -0.4 is 10.7 Å². The minimum absolute atomic E-state index is 0.0529. The molecule has 0 aliphatic heterocycles. The van der Waals surface area contributed by atoms with Gasteiger partial charge in [0.15, 0.2) is 0 Å². The fourth-order valence-corrected chi connectivity index (χ4v) is 1.92. The van der Waals surface area contributed by atoms with Gasteiger partial charge in [0.2, 0.25) is 5.71 Å². The molecule has 2 aromatic rings. The highest BCUT2D eigenvalue weighted by atomic mass is 35.5. The van der Waals surface area contributed by atoms with Crippen molar-refractivity contribution in [2.75, 3.05) is 10.7 Å². The summed E-state index contributed by atoms with van der Waals surface area (Å²) < 4.78 is 0. The van der Waals surface area contributed by atoms with Crippen LogP contribution in [0.5, 0.6) is 0 Å². The lowest BCUT2D eigenvalue weighted by Crippen LogP contribution is -2.22. The molecule has 0 saturated heterocycles. The fraction of sp³-hybridized carbons (Fsp3) is 0. The van der Waals surface area contributed by atoms with Crippen molar-refractivity contribution < 1.29 is 14.7 Å². The summed E-state index contributed by atoms with van der Waals surface area (Å²) in [5, 5.41) is 24.6. The van der Waals surface area contributed by atoms with Gasteiger partial charge in [0.1, 0.15) is 6.07 Å². The third kappa shape index (κ3) is 4.56. The van der Waals surface area contributed by atoms with Gasteiger partial charge in [-0.1, -0.05) is 23.7 Å². The summed E-state index contributed by atoms with van der Waals surface area (Å²) in [4.78, 5) is 22.9. The second kappa shape index (κ2) is 7.76. The maximum absolute atomic E-state index is 12.0. The van der Waals surface area contributed by atoms with Crippen molar-refractivity contribution in [3.05, 3.63) is 59.1 Å². The van der Waals surface area contributed by atoms with Crippen molar-refractivity contribution >= 4 is 40.6 Å². The maximum Gasteiger partial charge on any atom is 0.335 e. The van der Waals surface area contributed by atoms with E-state index in [1.165, 1.54) is 24.3 Å². The molecule has 0 aliphatic rings. The van der Waals surface area contributed by atoms with Gasteiger partial charge in [-0.3, -0.25) is 10.2 Å². The van der Waals surface area contributed by atoms with E-state index in [0.717, 1.165) is 0 Å². The van der Waals surface area contributed by atoms with Crippen LogP contribution in [0.3, 0.4) is 0 Å². The van der Waals surface area contributed by atoms with Crippen LogP contribution in [-0.2, 0) is 4.79 Å². The standard InChI is InChI=1S/C16H11ClN4O3/c17-11-4-2-5-12(8-11)19-15(22)14(9-18)21-20-13-6-1-3-10(7-13)16(23)24/h1-8,20H,(H,19,22)(H,23,24)/b21-14-. The Bertz CT molecular complexity index is 858. The van der Waals surface area contributed by atoms with Crippen LogP contribution in [0.25, 0.3) is 0 Å². The Hall–Kier alpha value is -3.37. The molecule has 0 aliphatic carbocycles. The van der Waals surface area contributed by atoms with Crippen molar-refractivity contribution in [2.45, 2.75) is 0 Å². The number of amides is 1. The zero-order valence-corrected chi connectivity index (χ0v) is 12.9. The molecule has 0 unspecified atom stereocenters. The lowest BCUT2D eigenvalue weighted by atomic mass is 10.2. The van der Waals surface area contributed by atoms with Gasteiger partial charge in [-0.2, -0.15) is 10.4 Å². The summed E-state index contributed by atoms with van der Waals surface area (Å²) in [5.74, 6) is -1.82. The molecule has 2 aromatic carbocycles. The number of nitriles is 1. The molecule has 0 heterocycles. The third-order valence-electron chi connectivity index (χ3n) is 2.81. The zero-order valence-electron chi connectivity index (χ0n) is 12.2. The van der Waals surface area contributed by atoms with E-state index in [0.29, 0.717) is 16.4 Å². The molecule has 0 radical (unpaired) electrons. The summed E-state index contributed by atoms with van der Waals surface area (Å²) in [6, 6.07) is 13.9. The van der Waals surface area contributed by atoms with Gasteiger partial charge in [-0.25, -0.2) is 4.79 Å². The maximum atomic E-state index is 12.0. The highest BCUT2D eigenvalue weighted by Gasteiger charge is 2.12. The van der Waals surface area contributed by atoms with Gasteiger partial charge >= 0.3 is 5.97 Å². The van der Waals surface area contributed by atoms with E-state index in [4.69, 9.17) is 22.0 Å². The predicted molar refractivity (Wildman–Crippen MR) is 90.2 cm³/mol. The summed E-state index contributed by atoms with van der Waals surface area (Å²) in [6.07, 6.45) is 0. The molecule has 120 valence electrons. The highest BCUT2D eigenvalue weighted by Crippen LogP contribution is 2.15. The molecule has 3 N–H and O–H groups in total. The van der Waals surface area contributed by atoms with Crippen LogP contribution in [0.1, 0.15) is 10.4 Å². The average molecular weight is 343 g/mol. The topological polar surface area (TPSA) is 115 Å². The lowest BCUT2D eigenvalue weighted by Gasteiger charge is -2.05. The van der Waals surface area contributed by atoms with Gasteiger partial charge in [-0.15, -0.1) is 0 Å². The van der Waals surface area contributed by atoms with Crippen LogP contribution in [0.15, 0.2) is 53.6 Å². The number of anilines is 2. The fourth-order valence-electron chi connectivity index (χ4n) is 1.73. The number of carboxylic acids is 1. The predicted octanol–water partition coefficient (Wildman–Crippen LogP) is 2.97. The number of hydrazone groups is 1. The molecule has 2 rings (SSSR count). The second-order valence-electron chi connectivity index (χ2n) is 4.53. The summed E-state index contributed by atoms with van der Waals surface area (Å²) in [6.45, 7) is 0. The van der Waals surface area contributed by atoms with Crippen LogP contribution >= 0.6 is 11.6 Å². The number of carbonyl (C=O) groups is 2. The molecule has 0 atom stereocenters. The number of carboxylic acid groups (broad SMARTS) is 1. The van der Waals surface area contributed by atoms with Crippen LogP contribution in [0.4, 0.5) is 11.4 Å². The Morgan fingerprint density at radius 2 is 1.83 bits per heavy atom. The van der Waals surface area contributed by atoms with Crippen molar-refractivity contribution in [1.29, 1.82) is 5.26 Å². The lowest BCUT2D eigenvalue weighted by molar-refractivity contribution is -0.110. The number of hydrogen-bond acceptors (Lipinski definition) is 5. The van der Waals surface area contributed by atoms with Crippen LogP contribution in [-0.4, -0.2) is 22.7 Å². The van der Waals surface area contributed by atoms with E-state index in [9.17, 15) is 9.59 Å². The minimum Gasteiger partial charge on any atom is -0.478 e. The molecule has 0 fully saturated rings. The third-order valence-corrected chi connectivity index (χ3v) is 3.04. The van der Waals surface area contributed by atoms with Gasteiger partial charge in [-0.05, 0) is 36.4 Å². The Balaban J connectivity index is 2.11. The average Bonchev–Trinajstić information content (AvgIpc) is 2.55. The molecule has 0 saturated carbocycles. The minimum atomic E-state index is -1.10. The number of rotatable bonds is 5. The molecular formula is C16H11ClN4O3. The summed E-state index contributed by atoms with van der Waals surface area (Å²) >= 11 is 5.82. The molecule has 1 amide bonds. The normalized spacial score (nSPS) is 10.6. The van der Waals surface area contributed by atoms with E-state index < -0.39 is 17.6 Å². The molecule has 0 spiro atoms. The molecule has 0 bridgehead atoms. The number of nitrogens with zero attached hydrogens (tertiary/aromatic N) is 2. The first-order valence-electron chi connectivity index (χ1n) is 6.63. The summed E-state index contributed by atoms with van der Waals surface area (Å²) in [5.41, 5.74) is 2.87. The molecule has 7 nitrogen and oxygen atoms in total. The van der Waals surface area contributed by atoms with Crippen LogP contribution in [0.2, 0.25) is 5.02 Å². The van der Waals surface area contributed by atoms with E-state index in [2.05, 4.69) is 15.8 Å². The first kappa shape index (κ1) is 17.0. The molecule has 0 aromatic heterocycles. The monoisotopic (exact) mass is 342 g/mol. The Kier molecular flexibility index (Phi) is 5.49. The number of nitrogens with one attached hydrogen (secondary N) is 2. The van der Waals surface area contributed by atoms with Crippen molar-refractivity contribution in [3.8, 4) is 6.07 Å². The largest absolute Gasteiger partial charge is 0.478 e. The van der Waals surface area contributed by atoms with E-state index in [1.54, 1.807) is 30.3 Å². The number of hydrogen-bond donors (Lipinski definition) is 3.